The van der Waals surface area contributed by atoms with Gasteiger partial charge in [-0.2, -0.15) is 18.2 Å². The van der Waals surface area contributed by atoms with Gasteiger partial charge in [-0.15, -0.1) is 21.5 Å². The molecule has 160 valence electrons. The number of alkyl halides is 3. The number of halogens is 3. The molecule has 8 nitrogen and oxygen atoms in total. The van der Waals surface area contributed by atoms with E-state index < -0.39 is 12.0 Å². The molecule has 0 spiro atoms. The highest BCUT2D eigenvalue weighted by molar-refractivity contribution is 7.18. The Labute approximate surface area is 174 Å². The molecule has 5 rings (SSSR count). The van der Waals surface area contributed by atoms with E-state index in [-0.39, 0.29) is 13.1 Å². The van der Waals surface area contributed by atoms with E-state index in [0.717, 1.165) is 53.2 Å². The van der Waals surface area contributed by atoms with Crippen molar-refractivity contribution < 1.29 is 13.2 Å². The zero-order valence-corrected chi connectivity index (χ0v) is 17.2. The lowest BCUT2D eigenvalue weighted by molar-refractivity contribution is -0.147. The Hall–Kier alpha value is -2.47. The lowest BCUT2D eigenvalue weighted by atomic mass is 10.2. The van der Waals surface area contributed by atoms with Crippen LogP contribution in [0.3, 0.4) is 0 Å². The fourth-order valence-electron chi connectivity index (χ4n) is 3.92. The summed E-state index contributed by atoms with van der Waals surface area (Å²) < 4.78 is 40.7. The van der Waals surface area contributed by atoms with Gasteiger partial charge in [-0.05, 0) is 12.5 Å². The van der Waals surface area contributed by atoms with Crippen molar-refractivity contribution in [2.45, 2.75) is 32.6 Å². The van der Waals surface area contributed by atoms with Crippen LogP contribution in [-0.2, 0) is 25.7 Å². The van der Waals surface area contributed by atoms with Gasteiger partial charge in [0.2, 0.25) is 11.8 Å². The third kappa shape index (κ3) is 3.37. The minimum Gasteiger partial charge on any atom is -0.347 e. The first-order chi connectivity index (χ1) is 14.4. The average molecular weight is 438 g/mol. The van der Waals surface area contributed by atoms with Gasteiger partial charge >= 0.3 is 6.18 Å². The summed E-state index contributed by atoms with van der Waals surface area (Å²) in [5, 5.41) is 11.5. The number of piperazine rings is 1. The van der Waals surface area contributed by atoms with E-state index in [9.17, 15) is 13.2 Å². The zero-order chi connectivity index (χ0) is 20.9. The molecule has 0 atom stereocenters. The van der Waals surface area contributed by atoms with E-state index in [1.807, 2.05) is 4.90 Å². The molecular formula is C18H21F3N8S. The molecule has 30 heavy (non-hydrogen) atoms. The van der Waals surface area contributed by atoms with Crippen LogP contribution in [0.1, 0.15) is 23.4 Å². The second kappa shape index (κ2) is 7.34. The quantitative estimate of drug-likeness (QED) is 0.673. The Morgan fingerprint density at radius 1 is 1.07 bits per heavy atom. The average Bonchev–Trinajstić information content (AvgIpc) is 3.36. The van der Waals surface area contributed by atoms with Crippen molar-refractivity contribution >= 4 is 33.3 Å². The molecule has 0 bridgehead atoms. The lowest BCUT2D eigenvalue weighted by Gasteiger charge is -2.31. The molecule has 5 heterocycles. The topological polar surface area (TPSA) is 75.0 Å². The third-order valence-electron chi connectivity index (χ3n) is 5.47. The first-order valence-corrected chi connectivity index (χ1v) is 10.8. The first kappa shape index (κ1) is 19.5. The van der Waals surface area contributed by atoms with Gasteiger partial charge in [0.25, 0.3) is 0 Å². The summed E-state index contributed by atoms with van der Waals surface area (Å²) in [5.41, 5.74) is 0. The van der Waals surface area contributed by atoms with Crippen LogP contribution in [0.5, 0.6) is 0 Å². The molecule has 0 radical (unpaired) electrons. The predicted octanol–water partition coefficient (Wildman–Crippen LogP) is 2.29. The maximum absolute atomic E-state index is 13.2. The fourth-order valence-corrected chi connectivity index (χ4v) is 4.87. The number of aryl methyl sites for hydroxylation is 1. The summed E-state index contributed by atoms with van der Waals surface area (Å²) in [6.07, 6.45) is -3.61. The number of nitrogens with one attached hydrogen (secondary N) is 1. The monoisotopic (exact) mass is 438 g/mol. The second-order valence-corrected chi connectivity index (χ2v) is 8.50. The van der Waals surface area contributed by atoms with Gasteiger partial charge < -0.3 is 19.7 Å². The van der Waals surface area contributed by atoms with Crippen LogP contribution in [0.15, 0.2) is 6.07 Å². The molecular weight excluding hydrogens is 417 g/mol. The Morgan fingerprint density at radius 3 is 2.60 bits per heavy atom. The summed E-state index contributed by atoms with van der Waals surface area (Å²) in [5.74, 6) is 0.795. The molecule has 1 N–H and O–H groups in total. The molecule has 2 aliphatic rings. The van der Waals surface area contributed by atoms with Gasteiger partial charge in [0.1, 0.15) is 10.6 Å². The summed E-state index contributed by atoms with van der Waals surface area (Å²) in [6.45, 7) is 6.27. The number of thiophene rings is 1. The molecule has 0 amide bonds. The minimum atomic E-state index is -4.51. The fraction of sp³-hybridized carbons (Fsp3) is 0.556. The smallest absolute Gasteiger partial charge is 0.347 e. The zero-order valence-electron chi connectivity index (χ0n) is 16.4. The van der Waals surface area contributed by atoms with Gasteiger partial charge in [0, 0.05) is 44.1 Å². The highest BCUT2D eigenvalue weighted by Gasteiger charge is 2.39. The second-order valence-electron chi connectivity index (χ2n) is 7.38. The molecule has 3 aromatic heterocycles. The van der Waals surface area contributed by atoms with Crippen LogP contribution in [0.4, 0.5) is 24.9 Å². The summed E-state index contributed by atoms with van der Waals surface area (Å²) >= 11 is 1.64. The molecule has 1 fully saturated rings. The maximum atomic E-state index is 13.2. The van der Waals surface area contributed by atoms with E-state index >= 15 is 0 Å². The van der Waals surface area contributed by atoms with Crippen LogP contribution >= 0.6 is 11.3 Å². The van der Waals surface area contributed by atoms with E-state index in [2.05, 4.69) is 33.4 Å². The largest absolute Gasteiger partial charge is 0.451 e. The van der Waals surface area contributed by atoms with Crippen LogP contribution in [0, 0.1) is 0 Å². The van der Waals surface area contributed by atoms with Gasteiger partial charge in [-0.3, -0.25) is 0 Å². The standard InChI is InChI=1S/C18H21F3N8S/c1-2-11-9-12-14(23-17(24-15(12)30-11)27-5-3-22-4-6-27)28-7-8-29-13(10-28)25-26-16(29)18(19,20)21/h9,22H,2-8,10H2,1H3. The number of rotatable bonds is 3. The normalized spacial score (nSPS) is 17.6. The maximum Gasteiger partial charge on any atom is 0.451 e. The number of hydrogen-bond acceptors (Lipinski definition) is 8. The Balaban J connectivity index is 1.54. The summed E-state index contributed by atoms with van der Waals surface area (Å²) in [7, 11) is 0. The minimum absolute atomic E-state index is 0.163. The van der Waals surface area contributed by atoms with E-state index in [1.54, 1.807) is 11.3 Å². The van der Waals surface area contributed by atoms with Crippen molar-refractivity contribution in [1.82, 2.24) is 30.0 Å². The van der Waals surface area contributed by atoms with Gasteiger partial charge in [0.05, 0.1) is 11.9 Å². The predicted molar refractivity (Wildman–Crippen MR) is 108 cm³/mol. The molecule has 0 aliphatic carbocycles. The molecule has 3 aromatic rings. The van der Waals surface area contributed by atoms with Crippen LogP contribution in [-0.4, -0.2) is 57.5 Å². The Bertz CT molecular complexity index is 1070. The van der Waals surface area contributed by atoms with Gasteiger partial charge in [0.15, 0.2) is 5.82 Å². The van der Waals surface area contributed by atoms with E-state index in [0.29, 0.717) is 18.3 Å². The van der Waals surface area contributed by atoms with Crippen molar-refractivity contribution in [3.05, 3.63) is 22.6 Å². The summed E-state index contributed by atoms with van der Waals surface area (Å²) in [6, 6.07) is 2.09. The van der Waals surface area contributed by atoms with Gasteiger partial charge in [-0.25, -0.2) is 4.98 Å². The SMILES string of the molecule is CCc1cc2c(N3CCn4c(nnc4C(F)(F)F)C3)nc(N3CCNCC3)nc2s1. The first-order valence-electron chi connectivity index (χ1n) is 9.94. The molecule has 1 saturated heterocycles. The van der Waals surface area contributed by atoms with Crippen molar-refractivity contribution in [2.75, 3.05) is 42.5 Å². The van der Waals surface area contributed by atoms with Crippen molar-refractivity contribution in [3.63, 3.8) is 0 Å². The molecule has 0 unspecified atom stereocenters. The third-order valence-corrected chi connectivity index (χ3v) is 6.64. The van der Waals surface area contributed by atoms with Crippen molar-refractivity contribution in [2.24, 2.45) is 0 Å². The Morgan fingerprint density at radius 2 is 1.87 bits per heavy atom. The van der Waals surface area contributed by atoms with Crippen LogP contribution < -0.4 is 15.1 Å². The number of anilines is 2. The van der Waals surface area contributed by atoms with Crippen LogP contribution in [0.2, 0.25) is 0 Å². The van der Waals surface area contributed by atoms with Crippen molar-refractivity contribution in [3.8, 4) is 0 Å². The summed E-state index contributed by atoms with van der Waals surface area (Å²) in [4.78, 5) is 15.9. The number of fused-ring (bicyclic) bond motifs is 2. The van der Waals surface area contributed by atoms with Crippen molar-refractivity contribution in [1.29, 1.82) is 0 Å². The van der Waals surface area contributed by atoms with E-state index in [1.165, 1.54) is 4.88 Å². The Kier molecular flexibility index (Phi) is 4.77. The van der Waals surface area contributed by atoms with Crippen LogP contribution in [0.25, 0.3) is 10.2 Å². The number of hydrogen-bond donors (Lipinski definition) is 1. The molecule has 12 heteroatoms. The highest BCUT2D eigenvalue weighted by Crippen LogP contribution is 2.35. The highest BCUT2D eigenvalue weighted by atomic mass is 32.1. The van der Waals surface area contributed by atoms with Gasteiger partial charge in [-0.1, -0.05) is 6.92 Å². The number of nitrogens with zero attached hydrogens (tertiary/aromatic N) is 7. The lowest BCUT2D eigenvalue weighted by Crippen LogP contribution is -2.44. The molecule has 0 aromatic carbocycles. The number of aromatic nitrogens is 5. The molecule has 2 aliphatic heterocycles. The van der Waals surface area contributed by atoms with E-state index in [4.69, 9.17) is 9.97 Å². The molecule has 0 saturated carbocycles.